The molecule has 0 saturated carbocycles. The number of aryl methyl sites for hydroxylation is 1. The van der Waals surface area contributed by atoms with E-state index in [2.05, 4.69) is 0 Å². The van der Waals surface area contributed by atoms with Gasteiger partial charge in [0.15, 0.2) is 10.6 Å². The molecule has 2 heterocycles. The highest BCUT2D eigenvalue weighted by Crippen LogP contribution is 2.41. The predicted molar refractivity (Wildman–Crippen MR) is 141 cm³/mol. The minimum absolute atomic E-state index is 0.0728. The molecule has 4 aromatic rings. The maximum Gasteiger partial charge on any atom is 0.311 e. The largest absolute Gasteiger partial charge is 0.502 e. The van der Waals surface area contributed by atoms with Gasteiger partial charge in [-0.15, -0.1) is 0 Å². The average Bonchev–Trinajstić information content (AvgIpc) is 3.22. The van der Waals surface area contributed by atoms with Crippen LogP contribution in [0.2, 0.25) is 0 Å². The molecule has 0 fully saturated rings. The maximum atomic E-state index is 13.8. The second-order valence-corrected chi connectivity index (χ2v) is 9.98. The van der Waals surface area contributed by atoms with Crippen molar-refractivity contribution in [2.75, 3.05) is 0 Å². The summed E-state index contributed by atoms with van der Waals surface area (Å²) < 4.78 is 1.85. The van der Waals surface area contributed by atoms with Gasteiger partial charge in [-0.25, -0.2) is 4.99 Å². The van der Waals surface area contributed by atoms with E-state index >= 15 is 0 Å². The van der Waals surface area contributed by atoms with Crippen molar-refractivity contribution in [1.29, 1.82) is 0 Å². The number of hydrogen-bond donors (Lipinski definition) is 1. The van der Waals surface area contributed by atoms with Crippen LogP contribution in [0.3, 0.4) is 0 Å². The van der Waals surface area contributed by atoms with Crippen LogP contribution in [0.5, 0.6) is 5.75 Å². The molecular formula is C27H18N4O6S. The zero-order valence-corrected chi connectivity index (χ0v) is 20.4. The van der Waals surface area contributed by atoms with E-state index in [1.54, 1.807) is 16.7 Å². The van der Waals surface area contributed by atoms with Crippen molar-refractivity contribution in [1.82, 2.24) is 4.57 Å². The summed E-state index contributed by atoms with van der Waals surface area (Å²) in [6.45, 7) is 0. The molecule has 0 bridgehead atoms. The Morgan fingerprint density at radius 1 is 1.00 bits per heavy atom. The number of nitro groups is 2. The van der Waals surface area contributed by atoms with Crippen molar-refractivity contribution in [3.8, 4) is 5.75 Å². The Labute approximate surface area is 218 Å². The molecule has 3 aromatic carbocycles. The molecule has 0 radical (unpaired) electrons. The van der Waals surface area contributed by atoms with Gasteiger partial charge in [-0.1, -0.05) is 53.8 Å². The van der Waals surface area contributed by atoms with Crippen molar-refractivity contribution < 1.29 is 15.0 Å². The number of nitrogens with zero attached hydrogens (tertiary/aromatic N) is 4. The Balaban J connectivity index is 1.61. The lowest BCUT2D eigenvalue weighted by molar-refractivity contribution is -0.385. The number of non-ortho nitro benzene ring substituents is 1. The van der Waals surface area contributed by atoms with Gasteiger partial charge >= 0.3 is 5.69 Å². The number of allylic oxidation sites excluding steroid dienone is 1. The zero-order chi connectivity index (χ0) is 26.6. The zero-order valence-electron chi connectivity index (χ0n) is 19.6. The summed E-state index contributed by atoms with van der Waals surface area (Å²) in [5.41, 5.74) is 3.87. The second kappa shape index (κ2) is 8.89. The van der Waals surface area contributed by atoms with Crippen molar-refractivity contribution in [3.05, 3.63) is 134 Å². The molecule has 188 valence electrons. The second-order valence-electron chi connectivity index (χ2n) is 8.97. The van der Waals surface area contributed by atoms with Crippen LogP contribution < -0.4 is 14.9 Å². The summed E-state index contributed by atoms with van der Waals surface area (Å²) in [6.07, 6.45) is 2.91. The van der Waals surface area contributed by atoms with Gasteiger partial charge < -0.3 is 5.11 Å². The van der Waals surface area contributed by atoms with E-state index in [9.17, 15) is 30.1 Å². The normalized spacial score (nSPS) is 16.3. The lowest BCUT2D eigenvalue weighted by Gasteiger charge is -2.30. The number of nitro benzene ring substituents is 2. The van der Waals surface area contributed by atoms with Gasteiger partial charge in [0.2, 0.25) is 0 Å². The van der Waals surface area contributed by atoms with Crippen LogP contribution in [0, 0.1) is 20.2 Å². The third kappa shape index (κ3) is 3.80. The summed E-state index contributed by atoms with van der Waals surface area (Å²) in [5.74, 6) is -0.467. The predicted octanol–water partition coefficient (Wildman–Crippen LogP) is 3.84. The molecule has 11 heteroatoms. The molecule has 6 rings (SSSR count). The first-order valence-electron chi connectivity index (χ1n) is 11.7. The molecule has 0 saturated heterocycles. The first-order chi connectivity index (χ1) is 18.3. The van der Waals surface area contributed by atoms with E-state index in [1.165, 1.54) is 36.4 Å². The fourth-order valence-corrected chi connectivity index (χ4v) is 6.06. The van der Waals surface area contributed by atoms with Crippen molar-refractivity contribution in [2.45, 2.75) is 18.9 Å². The van der Waals surface area contributed by atoms with E-state index in [0.717, 1.165) is 40.2 Å². The number of hydrogen-bond acceptors (Lipinski definition) is 8. The van der Waals surface area contributed by atoms with Crippen LogP contribution in [-0.2, 0) is 6.42 Å². The maximum absolute atomic E-state index is 13.8. The van der Waals surface area contributed by atoms with Crippen molar-refractivity contribution in [3.63, 3.8) is 0 Å². The quantitative estimate of drug-likeness (QED) is 0.316. The Hall–Kier alpha value is -4.90. The van der Waals surface area contributed by atoms with Gasteiger partial charge in [0.05, 0.1) is 26.1 Å². The van der Waals surface area contributed by atoms with Crippen LogP contribution >= 0.6 is 11.3 Å². The van der Waals surface area contributed by atoms with E-state index in [1.807, 2.05) is 24.3 Å². The van der Waals surface area contributed by atoms with Gasteiger partial charge in [-0.2, -0.15) is 0 Å². The number of fused-ring (bicyclic) bond motifs is 3. The molecule has 2 aliphatic rings. The highest BCUT2D eigenvalue weighted by molar-refractivity contribution is 7.07. The van der Waals surface area contributed by atoms with E-state index in [4.69, 9.17) is 4.99 Å². The van der Waals surface area contributed by atoms with Gasteiger partial charge in [0.1, 0.15) is 0 Å². The molecule has 1 atom stereocenters. The topological polar surface area (TPSA) is 141 Å². The number of thiazole rings is 1. The summed E-state index contributed by atoms with van der Waals surface area (Å²) in [5, 5.41) is 32.6. The summed E-state index contributed by atoms with van der Waals surface area (Å²) in [4.78, 5) is 40.7. The molecule has 0 spiro atoms. The highest BCUT2D eigenvalue weighted by Gasteiger charge is 2.33. The summed E-state index contributed by atoms with van der Waals surface area (Å²) >= 11 is 1.14. The molecule has 1 aromatic heterocycles. The standard InChI is InChI=1S/C27H18N4O6S/c32-22-11-8-15(12-21(22)31(36)37)13-23-26(33)29-25(17-5-3-6-18(14-17)30(34)35)20-10-9-16-4-1-2-7-19(16)24(20)28-27(29)38-23/h1-8,11-14,25,32H,9-10H2/b23-13+/t25-/m1/s1. The molecule has 0 unspecified atom stereocenters. The average molecular weight is 527 g/mol. The molecule has 1 aliphatic carbocycles. The number of phenolic OH excluding ortho intramolecular Hbond substituents is 1. The molecule has 38 heavy (non-hydrogen) atoms. The highest BCUT2D eigenvalue weighted by atomic mass is 32.1. The Morgan fingerprint density at radius 3 is 2.61 bits per heavy atom. The smallest absolute Gasteiger partial charge is 0.311 e. The first-order valence-corrected chi connectivity index (χ1v) is 12.5. The van der Waals surface area contributed by atoms with Crippen molar-refractivity contribution in [2.24, 2.45) is 4.99 Å². The van der Waals surface area contributed by atoms with Gasteiger partial charge in [0, 0.05) is 23.8 Å². The van der Waals surface area contributed by atoms with E-state index < -0.39 is 27.3 Å². The summed E-state index contributed by atoms with van der Waals surface area (Å²) in [6, 6.07) is 17.5. The lowest BCUT2D eigenvalue weighted by atomic mass is 9.83. The van der Waals surface area contributed by atoms with E-state index in [0.29, 0.717) is 26.9 Å². The van der Waals surface area contributed by atoms with Crippen LogP contribution in [0.4, 0.5) is 11.4 Å². The van der Waals surface area contributed by atoms with Gasteiger partial charge in [0.25, 0.3) is 11.2 Å². The summed E-state index contributed by atoms with van der Waals surface area (Å²) in [7, 11) is 0. The number of rotatable bonds is 4. The lowest BCUT2D eigenvalue weighted by Crippen LogP contribution is -2.38. The first kappa shape index (κ1) is 23.5. The third-order valence-electron chi connectivity index (χ3n) is 6.76. The van der Waals surface area contributed by atoms with Gasteiger partial charge in [-0.3, -0.25) is 29.6 Å². The Morgan fingerprint density at radius 2 is 1.82 bits per heavy atom. The fourth-order valence-electron chi connectivity index (χ4n) is 5.06. The number of aromatic hydroxyl groups is 1. The van der Waals surface area contributed by atoms with E-state index in [-0.39, 0.29) is 11.2 Å². The van der Waals surface area contributed by atoms with Crippen LogP contribution in [0.1, 0.15) is 34.7 Å². The Kier molecular flexibility index (Phi) is 5.50. The number of aromatic nitrogens is 1. The molecular weight excluding hydrogens is 508 g/mol. The van der Waals surface area contributed by atoms with Crippen molar-refractivity contribution >= 4 is 34.5 Å². The minimum Gasteiger partial charge on any atom is -0.502 e. The van der Waals surface area contributed by atoms with Crippen LogP contribution in [-0.4, -0.2) is 19.5 Å². The van der Waals surface area contributed by atoms with Crippen LogP contribution in [0.25, 0.3) is 11.8 Å². The van der Waals surface area contributed by atoms with Crippen LogP contribution in [0.15, 0.2) is 82.1 Å². The molecule has 0 amide bonds. The number of phenols is 1. The Bertz CT molecular complexity index is 1890. The SMILES string of the molecule is O=c1/c(=C\c2ccc(O)c([N+](=O)[O-])c2)sc2n1[C@H](c1cccc([N+](=O)[O-])c1)C1=C(N=2)c2ccccc2CC1. The molecule has 1 aliphatic heterocycles. The fraction of sp³-hybridized carbons (Fsp3) is 0.111. The number of benzene rings is 3. The molecule has 10 nitrogen and oxygen atoms in total. The minimum atomic E-state index is -0.692. The molecule has 1 N–H and O–H groups in total. The third-order valence-corrected chi connectivity index (χ3v) is 7.75. The monoisotopic (exact) mass is 526 g/mol. The van der Waals surface area contributed by atoms with Gasteiger partial charge in [-0.05, 0) is 47.2 Å².